The van der Waals surface area contributed by atoms with Crippen molar-refractivity contribution in [1.29, 1.82) is 0 Å². The molecule has 0 bridgehead atoms. The molecule has 1 saturated heterocycles. The first-order chi connectivity index (χ1) is 11.7. The summed E-state index contributed by atoms with van der Waals surface area (Å²) in [5.74, 6) is -0.674. The molecular formula is C16H24N2O5S2. The quantitative estimate of drug-likeness (QED) is 0.641. The van der Waals surface area contributed by atoms with Crippen LogP contribution in [-0.2, 0) is 31.1 Å². The van der Waals surface area contributed by atoms with E-state index < -0.39 is 31.8 Å². The lowest BCUT2D eigenvalue weighted by Gasteiger charge is -2.24. The minimum atomic E-state index is -3.66. The first-order valence-electron chi connectivity index (χ1n) is 8.15. The Hall–Kier alpha value is -1.45. The molecule has 9 heteroatoms. The summed E-state index contributed by atoms with van der Waals surface area (Å²) in [6.07, 6.45) is 2.79. The lowest BCUT2D eigenvalue weighted by molar-refractivity contribution is -0.121. The van der Waals surface area contributed by atoms with Crippen LogP contribution in [0.5, 0.6) is 0 Å². The molecule has 1 atom stereocenters. The van der Waals surface area contributed by atoms with Crippen LogP contribution in [0.2, 0.25) is 0 Å². The monoisotopic (exact) mass is 388 g/mol. The van der Waals surface area contributed by atoms with E-state index in [1.807, 2.05) is 30.3 Å². The van der Waals surface area contributed by atoms with Crippen LogP contribution in [0.1, 0.15) is 18.4 Å². The van der Waals surface area contributed by atoms with E-state index in [1.54, 1.807) is 0 Å². The molecule has 1 N–H and O–H groups in total. The van der Waals surface area contributed by atoms with Crippen molar-refractivity contribution in [2.24, 2.45) is 0 Å². The number of rotatable bonds is 8. The third kappa shape index (κ3) is 6.41. The highest BCUT2D eigenvalue weighted by Crippen LogP contribution is 2.19. The van der Waals surface area contributed by atoms with Crippen molar-refractivity contribution in [1.82, 2.24) is 9.62 Å². The lowest BCUT2D eigenvalue weighted by Crippen LogP contribution is -2.46. The molecule has 0 aliphatic carbocycles. The summed E-state index contributed by atoms with van der Waals surface area (Å²) in [4.78, 5) is 12.1. The maximum Gasteiger partial charge on any atom is 0.235 e. The van der Waals surface area contributed by atoms with Gasteiger partial charge in [0, 0.05) is 12.6 Å². The highest BCUT2D eigenvalue weighted by molar-refractivity contribution is 7.92. The first-order valence-corrected chi connectivity index (χ1v) is 11.8. The fourth-order valence-electron chi connectivity index (χ4n) is 2.88. The number of amides is 1. The molecule has 1 aromatic rings. The van der Waals surface area contributed by atoms with Gasteiger partial charge in [0.15, 0.2) is 9.84 Å². The van der Waals surface area contributed by atoms with Gasteiger partial charge in [0.1, 0.15) is 0 Å². The van der Waals surface area contributed by atoms with E-state index >= 15 is 0 Å². The van der Waals surface area contributed by atoms with Crippen LogP contribution in [0, 0.1) is 0 Å². The van der Waals surface area contributed by atoms with Crippen LogP contribution in [0.3, 0.4) is 0 Å². The Morgan fingerprint density at radius 3 is 2.52 bits per heavy atom. The highest BCUT2D eigenvalue weighted by atomic mass is 32.2. The summed E-state index contributed by atoms with van der Waals surface area (Å²) in [5, 5.41) is 2.71. The van der Waals surface area contributed by atoms with E-state index in [1.165, 1.54) is 5.56 Å². The number of benzene rings is 1. The highest BCUT2D eigenvalue weighted by Gasteiger charge is 2.37. The Labute approximate surface area is 149 Å². The van der Waals surface area contributed by atoms with Crippen molar-refractivity contribution in [3.8, 4) is 0 Å². The van der Waals surface area contributed by atoms with Crippen LogP contribution in [0.25, 0.3) is 0 Å². The zero-order chi connectivity index (χ0) is 18.5. The Balaban J connectivity index is 1.83. The van der Waals surface area contributed by atoms with E-state index in [-0.39, 0.29) is 24.5 Å². The van der Waals surface area contributed by atoms with Crippen molar-refractivity contribution < 1.29 is 21.6 Å². The van der Waals surface area contributed by atoms with Gasteiger partial charge in [-0.05, 0) is 24.8 Å². The molecule has 140 valence electrons. The van der Waals surface area contributed by atoms with Crippen LogP contribution >= 0.6 is 0 Å². The molecule has 0 radical (unpaired) electrons. The fraction of sp³-hybridized carbons (Fsp3) is 0.562. The van der Waals surface area contributed by atoms with E-state index in [0.29, 0.717) is 6.54 Å². The Morgan fingerprint density at radius 1 is 1.28 bits per heavy atom. The zero-order valence-electron chi connectivity index (χ0n) is 14.2. The molecule has 1 unspecified atom stereocenters. The SMILES string of the molecule is CS(=O)(=O)N(CC(=O)NCCCc1ccccc1)C1CCS(=O)(=O)C1. The second-order valence-corrected chi connectivity index (χ2v) is 10.5. The number of nitrogens with one attached hydrogen (secondary N) is 1. The zero-order valence-corrected chi connectivity index (χ0v) is 15.9. The van der Waals surface area contributed by atoms with Gasteiger partial charge in [-0.25, -0.2) is 16.8 Å². The Morgan fingerprint density at radius 2 is 1.96 bits per heavy atom. The van der Waals surface area contributed by atoms with Gasteiger partial charge < -0.3 is 5.32 Å². The Bertz CT molecular complexity index is 791. The van der Waals surface area contributed by atoms with Crippen molar-refractivity contribution in [2.75, 3.05) is 30.9 Å². The molecule has 1 fully saturated rings. The maximum atomic E-state index is 12.1. The summed E-state index contributed by atoms with van der Waals surface area (Å²) in [6.45, 7) is 0.0959. The average molecular weight is 389 g/mol. The van der Waals surface area contributed by atoms with Gasteiger partial charge in [0.25, 0.3) is 0 Å². The van der Waals surface area contributed by atoms with E-state index in [9.17, 15) is 21.6 Å². The Kier molecular flexibility index (Phi) is 6.59. The molecule has 1 amide bonds. The predicted molar refractivity (Wildman–Crippen MR) is 96.4 cm³/mol. The van der Waals surface area contributed by atoms with Gasteiger partial charge in [0.05, 0.1) is 24.3 Å². The van der Waals surface area contributed by atoms with Crippen LogP contribution < -0.4 is 5.32 Å². The number of carbonyl (C=O) groups excluding carboxylic acids is 1. The van der Waals surface area contributed by atoms with Crippen LogP contribution in [0.4, 0.5) is 0 Å². The molecule has 0 aromatic heterocycles. The van der Waals surface area contributed by atoms with Crippen molar-refractivity contribution >= 4 is 25.8 Å². The standard InChI is InChI=1S/C16H24N2O5S2/c1-24(20,21)18(15-9-11-25(22,23)13-15)12-16(19)17-10-5-8-14-6-3-2-4-7-14/h2-4,6-7,15H,5,8-13H2,1H3,(H,17,19). The van der Waals surface area contributed by atoms with Crippen molar-refractivity contribution in [3.05, 3.63) is 35.9 Å². The number of sulfonamides is 1. The predicted octanol–water partition coefficient (Wildman–Crippen LogP) is 0.184. The van der Waals surface area contributed by atoms with Gasteiger partial charge in [-0.1, -0.05) is 30.3 Å². The molecular weight excluding hydrogens is 364 g/mol. The minimum absolute atomic E-state index is 0.0393. The summed E-state index contributed by atoms with van der Waals surface area (Å²) >= 11 is 0. The fourth-order valence-corrected chi connectivity index (χ4v) is 5.78. The average Bonchev–Trinajstić information content (AvgIpc) is 2.89. The summed E-state index contributed by atoms with van der Waals surface area (Å²) in [7, 11) is -6.89. The molecule has 2 rings (SSSR count). The molecule has 1 aliphatic rings. The maximum absolute atomic E-state index is 12.1. The van der Waals surface area contributed by atoms with Crippen LogP contribution in [0.15, 0.2) is 30.3 Å². The third-order valence-corrected chi connectivity index (χ3v) is 7.18. The lowest BCUT2D eigenvalue weighted by atomic mass is 10.1. The van der Waals surface area contributed by atoms with Gasteiger partial charge in [-0.3, -0.25) is 4.79 Å². The van der Waals surface area contributed by atoms with Gasteiger partial charge in [-0.15, -0.1) is 0 Å². The smallest absolute Gasteiger partial charge is 0.235 e. The van der Waals surface area contributed by atoms with E-state index in [0.717, 1.165) is 23.4 Å². The van der Waals surface area contributed by atoms with Crippen LogP contribution in [-0.4, -0.2) is 63.9 Å². The van der Waals surface area contributed by atoms with Gasteiger partial charge >= 0.3 is 0 Å². The summed E-state index contributed by atoms with van der Waals surface area (Å²) in [5.41, 5.74) is 1.17. The number of hydrogen-bond donors (Lipinski definition) is 1. The second-order valence-electron chi connectivity index (χ2n) is 6.30. The molecule has 1 aliphatic heterocycles. The molecule has 25 heavy (non-hydrogen) atoms. The topological polar surface area (TPSA) is 101 Å². The molecule has 1 aromatic carbocycles. The van der Waals surface area contributed by atoms with E-state index in [2.05, 4.69) is 5.32 Å². The third-order valence-electron chi connectivity index (χ3n) is 4.15. The van der Waals surface area contributed by atoms with Gasteiger partial charge in [0.2, 0.25) is 15.9 Å². The molecule has 7 nitrogen and oxygen atoms in total. The number of hydrogen-bond acceptors (Lipinski definition) is 5. The number of sulfone groups is 1. The van der Waals surface area contributed by atoms with Crippen molar-refractivity contribution in [2.45, 2.75) is 25.3 Å². The largest absolute Gasteiger partial charge is 0.355 e. The van der Waals surface area contributed by atoms with Gasteiger partial charge in [-0.2, -0.15) is 4.31 Å². The first kappa shape index (κ1) is 19.9. The summed E-state index contributed by atoms with van der Waals surface area (Å²) < 4.78 is 48.0. The summed E-state index contributed by atoms with van der Waals surface area (Å²) in [6, 6.07) is 9.20. The number of carbonyl (C=O) groups is 1. The van der Waals surface area contributed by atoms with Crippen molar-refractivity contribution in [3.63, 3.8) is 0 Å². The number of nitrogens with zero attached hydrogens (tertiary/aromatic N) is 1. The number of aryl methyl sites for hydroxylation is 1. The molecule has 0 spiro atoms. The molecule has 0 saturated carbocycles. The normalized spacial score (nSPS) is 19.8. The molecule has 1 heterocycles. The van der Waals surface area contributed by atoms with E-state index in [4.69, 9.17) is 0 Å². The minimum Gasteiger partial charge on any atom is -0.355 e. The second kappa shape index (κ2) is 8.29.